The molecule has 0 aliphatic heterocycles. The highest BCUT2D eigenvalue weighted by Gasteiger charge is 2.13. The third-order valence-corrected chi connectivity index (χ3v) is 4.12. The van der Waals surface area contributed by atoms with E-state index in [-0.39, 0.29) is 11.8 Å². The second kappa shape index (κ2) is 5.90. The van der Waals surface area contributed by atoms with Crippen LogP contribution in [0.15, 0.2) is 24.3 Å². The first-order chi connectivity index (χ1) is 9.38. The highest BCUT2D eigenvalue weighted by Crippen LogP contribution is 2.18. The Hall–Kier alpha value is -1.44. The molecule has 1 aromatic heterocycles. The third kappa shape index (κ3) is 3.56. The lowest BCUT2D eigenvalue weighted by Crippen LogP contribution is -2.25. The van der Waals surface area contributed by atoms with Gasteiger partial charge in [-0.3, -0.25) is 0 Å². The molecule has 0 radical (unpaired) electrons. The number of nitrogens with two attached hydrogens (primary N) is 1. The maximum atomic E-state index is 10.9. The number of benzene rings is 1. The maximum absolute atomic E-state index is 10.9. The Morgan fingerprint density at radius 2 is 2.10 bits per heavy atom. The molecule has 20 heavy (non-hydrogen) atoms. The SMILES string of the molecule is CC(NCCCS(N)(=O)=O)c1nc2ccccc2n1C. The molecule has 1 aromatic carbocycles. The van der Waals surface area contributed by atoms with Gasteiger partial charge in [0.25, 0.3) is 0 Å². The second-order valence-corrected chi connectivity index (χ2v) is 6.65. The summed E-state index contributed by atoms with van der Waals surface area (Å²) in [4.78, 5) is 4.60. The first-order valence-corrected chi connectivity index (χ1v) is 8.25. The summed E-state index contributed by atoms with van der Waals surface area (Å²) in [7, 11) is -1.40. The summed E-state index contributed by atoms with van der Waals surface area (Å²) in [5.41, 5.74) is 2.05. The zero-order valence-corrected chi connectivity index (χ0v) is 12.5. The van der Waals surface area contributed by atoms with Gasteiger partial charge < -0.3 is 9.88 Å². The standard InChI is InChI=1S/C13H20N4O2S/c1-10(15-8-5-9-20(14,18)19)13-16-11-6-3-4-7-12(11)17(13)2/h3-4,6-7,10,15H,5,8-9H2,1-2H3,(H2,14,18,19). The van der Waals surface area contributed by atoms with E-state index in [4.69, 9.17) is 5.14 Å². The molecule has 110 valence electrons. The topological polar surface area (TPSA) is 90.0 Å². The van der Waals surface area contributed by atoms with E-state index in [0.29, 0.717) is 13.0 Å². The van der Waals surface area contributed by atoms with Gasteiger partial charge in [-0.2, -0.15) is 0 Å². The fourth-order valence-electron chi connectivity index (χ4n) is 2.23. The summed E-state index contributed by atoms with van der Waals surface area (Å²) in [6.45, 7) is 2.60. The van der Waals surface area contributed by atoms with Gasteiger partial charge in [-0.15, -0.1) is 0 Å². The van der Waals surface area contributed by atoms with E-state index in [1.54, 1.807) is 0 Å². The van der Waals surface area contributed by atoms with Gasteiger partial charge in [0.2, 0.25) is 10.0 Å². The van der Waals surface area contributed by atoms with Crippen molar-refractivity contribution >= 4 is 21.1 Å². The van der Waals surface area contributed by atoms with Crippen LogP contribution >= 0.6 is 0 Å². The molecule has 1 heterocycles. The fourth-order valence-corrected chi connectivity index (χ4v) is 2.78. The highest BCUT2D eigenvalue weighted by molar-refractivity contribution is 7.89. The molecule has 0 spiro atoms. The second-order valence-electron chi connectivity index (χ2n) is 4.91. The molecule has 0 aliphatic rings. The fraction of sp³-hybridized carbons (Fsp3) is 0.462. The Kier molecular flexibility index (Phi) is 4.42. The number of rotatable bonds is 6. The summed E-state index contributed by atoms with van der Waals surface area (Å²) < 4.78 is 23.8. The largest absolute Gasteiger partial charge is 0.330 e. The minimum atomic E-state index is -3.38. The lowest BCUT2D eigenvalue weighted by atomic mass is 10.3. The first-order valence-electron chi connectivity index (χ1n) is 6.53. The summed E-state index contributed by atoms with van der Waals surface area (Å²) in [6.07, 6.45) is 0.493. The average molecular weight is 296 g/mol. The lowest BCUT2D eigenvalue weighted by molar-refractivity contribution is 0.528. The van der Waals surface area contributed by atoms with Gasteiger partial charge in [0, 0.05) is 7.05 Å². The van der Waals surface area contributed by atoms with Gasteiger partial charge in [0.15, 0.2) is 0 Å². The van der Waals surface area contributed by atoms with E-state index in [2.05, 4.69) is 10.3 Å². The van der Waals surface area contributed by atoms with Gasteiger partial charge in [-0.05, 0) is 32.0 Å². The predicted molar refractivity (Wildman–Crippen MR) is 79.7 cm³/mol. The van der Waals surface area contributed by atoms with E-state index in [1.807, 2.05) is 42.8 Å². The van der Waals surface area contributed by atoms with E-state index in [1.165, 1.54) is 0 Å². The van der Waals surface area contributed by atoms with Crippen molar-refractivity contribution in [2.45, 2.75) is 19.4 Å². The number of primary sulfonamides is 1. The molecule has 1 atom stereocenters. The average Bonchev–Trinajstić information content (AvgIpc) is 2.72. The molecule has 0 saturated heterocycles. The monoisotopic (exact) mass is 296 g/mol. The van der Waals surface area contributed by atoms with Gasteiger partial charge in [-0.25, -0.2) is 18.5 Å². The van der Waals surface area contributed by atoms with Gasteiger partial charge in [0.05, 0.1) is 22.8 Å². The molecule has 0 bridgehead atoms. The van der Waals surface area contributed by atoms with Crippen LogP contribution in [0.3, 0.4) is 0 Å². The minimum Gasteiger partial charge on any atom is -0.330 e. The van der Waals surface area contributed by atoms with Gasteiger partial charge in [-0.1, -0.05) is 12.1 Å². The smallest absolute Gasteiger partial charge is 0.209 e. The number of aryl methyl sites for hydroxylation is 1. The van der Waals surface area contributed by atoms with Crippen molar-refractivity contribution in [2.75, 3.05) is 12.3 Å². The van der Waals surface area contributed by atoms with E-state index in [9.17, 15) is 8.42 Å². The van der Waals surface area contributed by atoms with Crippen LogP contribution < -0.4 is 10.5 Å². The Bertz CT molecular complexity index is 693. The van der Waals surface area contributed by atoms with Gasteiger partial charge >= 0.3 is 0 Å². The number of para-hydroxylation sites is 2. The number of aromatic nitrogens is 2. The predicted octanol–water partition coefficient (Wildman–Crippen LogP) is 0.903. The molecule has 2 rings (SSSR count). The molecule has 0 fully saturated rings. The highest BCUT2D eigenvalue weighted by atomic mass is 32.2. The molecule has 0 saturated carbocycles. The van der Waals surface area contributed by atoms with Gasteiger partial charge in [0.1, 0.15) is 5.82 Å². The lowest BCUT2D eigenvalue weighted by Gasteiger charge is -2.13. The van der Waals surface area contributed by atoms with Crippen molar-refractivity contribution in [3.05, 3.63) is 30.1 Å². The van der Waals surface area contributed by atoms with Crippen LogP contribution in [-0.2, 0) is 17.1 Å². The molecule has 2 aromatic rings. The van der Waals surface area contributed by atoms with Crippen molar-refractivity contribution < 1.29 is 8.42 Å². The number of nitrogens with zero attached hydrogens (tertiary/aromatic N) is 2. The Morgan fingerprint density at radius 1 is 1.40 bits per heavy atom. The molecule has 3 N–H and O–H groups in total. The van der Waals surface area contributed by atoms with E-state index >= 15 is 0 Å². The molecule has 7 heteroatoms. The third-order valence-electron chi connectivity index (χ3n) is 3.27. The van der Waals surface area contributed by atoms with Crippen LogP contribution in [-0.4, -0.2) is 30.3 Å². The van der Waals surface area contributed by atoms with E-state index in [0.717, 1.165) is 16.9 Å². The number of hydrogen-bond acceptors (Lipinski definition) is 4. The van der Waals surface area contributed by atoms with Crippen LogP contribution in [0.2, 0.25) is 0 Å². The zero-order chi connectivity index (χ0) is 14.8. The van der Waals surface area contributed by atoms with Crippen LogP contribution in [0.25, 0.3) is 11.0 Å². The number of hydrogen-bond donors (Lipinski definition) is 2. The normalized spacial score (nSPS) is 13.8. The van der Waals surface area contributed by atoms with Crippen molar-refractivity contribution in [1.82, 2.24) is 14.9 Å². The Labute approximate surface area is 119 Å². The van der Waals surface area contributed by atoms with Crippen LogP contribution in [0.1, 0.15) is 25.2 Å². The number of nitrogens with one attached hydrogen (secondary N) is 1. The maximum Gasteiger partial charge on any atom is 0.209 e. The van der Waals surface area contributed by atoms with Crippen LogP contribution in [0, 0.1) is 0 Å². The summed E-state index contributed by atoms with van der Waals surface area (Å²) in [5.74, 6) is 0.928. The van der Waals surface area contributed by atoms with Crippen molar-refractivity contribution in [1.29, 1.82) is 0 Å². The Morgan fingerprint density at radius 3 is 2.75 bits per heavy atom. The molecular formula is C13H20N4O2S. The van der Waals surface area contributed by atoms with Crippen molar-refractivity contribution in [2.24, 2.45) is 12.2 Å². The first kappa shape index (κ1) is 15.0. The van der Waals surface area contributed by atoms with Crippen LogP contribution in [0.5, 0.6) is 0 Å². The van der Waals surface area contributed by atoms with Crippen molar-refractivity contribution in [3.8, 4) is 0 Å². The molecular weight excluding hydrogens is 276 g/mol. The van der Waals surface area contributed by atoms with E-state index < -0.39 is 10.0 Å². The minimum absolute atomic E-state index is 0.00470. The molecule has 0 amide bonds. The molecule has 1 unspecified atom stereocenters. The summed E-state index contributed by atoms with van der Waals surface area (Å²) in [5, 5.41) is 8.24. The molecule has 6 nitrogen and oxygen atoms in total. The summed E-state index contributed by atoms with van der Waals surface area (Å²) in [6, 6.07) is 8.00. The quantitative estimate of drug-likeness (QED) is 0.775. The number of sulfonamides is 1. The number of fused-ring (bicyclic) bond motifs is 1. The summed E-state index contributed by atoms with van der Waals surface area (Å²) >= 11 is 0. The van der Waals surface area contributed by atoms with Crippen molar-refractivity contribution in [3.63, 3.8) is 0 Å². The van der Waals surface area contributed by atoms with Crippen LogP contribution in [0.4, 0.5) is 0 Å². The zero-order valence-electron chi connectivity index (χ0n) is 11.7. The number of imidazole rings is 1. The Balaban J connectivity index is 2.01. The molecule has 0 aliphatic carbocycles.